The van der Waals surface area contributed by atoms with Crippen LogP contribution >= 0.6 is 11.6 Å². The van der Waals surface area contributed by atoms with Gasteiger partial charge in [0.15, 0.2) is 0 Å². The number of nitrogens with zero attached hydrogens (tertiary/aromatic N) is 3. The van der Waals surface area contributed by atoms with Crippen molar-refractivity contribution in [3.8, 4) is 0 Å². The fourth-order valence-electron chi connectivity index (χ4n) is 5.13. The molecule has 0 atom stereocenters. The molecule has 182 valence electrons. The van der Waals surface area contributed by atoms with Gasteiger partial charge in [-0.15, -0.1) is 0 Å². The van der Waals surface area contributed by atoms with Gasteiger partial charge in [-0.05, 0) is 48.7 Å². The topological polar surface area (TPSA) is 26.8 Å². The molecule has 3 aromatic rings. The number of alkyl halides is 3. The number of piperidine rings is 1. The normalized spacial score (nSPS) is 18.5. The van der Waals surface area contributed by atoms with E-state index in [2.05, 4.69) is 17.0 Å². The molecule has 0 bridgehead atoms. The minimum Gasteiger partial charge on any atom is -0.338 e. The Kier molecular flexibility index (Phi) is 6.23. The third-order valence-electron chi connectivity index (χ3n) is 7.01. The fraction of sp³-hybridized carbons (Fsp3) is 0.296. The van der Waals surface area contributed by atoms with Crippen LogP contribution in [0.1, 0.15) is 24.0 Å². The lowest BCUT2D eigenvalue weighted by Gasteiger charge is -2.43. The first-order chi connectivity index (χ1) is 16.8. The van der Waals surface area contributed by atoms with E-state index in [1.54, 1.807) is 0 Å². The van der Waals surface area contributed by atoms with E-state index in [4.69, 9.17) is 11.6 Å². The summed E-state index contributed by atoms with van der Waals surface area (Å²) in [5.41, 5.74) is 0.499. The number of carbonyl (C=O) groups excluding carboxylic acids is 1. The number of amides is 1. The van der Waals surface area contributed by atoms with Crippen molar-refractivity contribution in [3.05, 3.63) is 95.0 Å². The van der Waals surface area contributed by atoms with Crippen molar-refractivity contribution in [2.45, 2.75) is 31.1 Å². The number of hydrogen-bond acceptors (Lipinski definition) is 3. The lowest BCUT2D eigenvalue weighted by molar-refractivity contribution is -0.137. The second kappa shape index (κ2) is 9.21. The third-order valence-corrected chi connectivity index (χ3v) is 7.33. The molecule has 2 fully saturated rings. The predicted molar refractivity (Wildman–Crippen MR) is 131 cm³/mol. The van der Waals surface area contributed by atoms with Gasteiger partial charge >= 0.3 is 6.18 Å². The van der Waals surface area contributed by atoms with Gasteiger partial charge in [0.2, 0.25) is 0 Å². The molecular weight excluding hydrogens is 475 g/mol. The van der Waals surface area contributed by atoms with E-state index in [-0.39, 0.29) is 23.3 Å². The highest BCUT2D eigenvalue weighted by atomic mass is 35.5. The van der Waals surface area contributed by atoms with Crippen LogP contribution in [0.15, 0.2) is 78.9 Å². The van der Waals surface area contributed by atoms with Crippen LogP contribution in [0.5, 0.6) is 0 Å². The summed E-state index contributed by atoms with van der Waals surface area (Å²) in [6.07, 6.45) is -3.39. The van der Waals surface area contributed by atoms with Gasteiger partial charge in [0.05, 0.1) is 22.9 Å². The van der Waals surface area contributed by atoms with E-state index in [0.29, 0.717) is 25.9 Å². The summed E-state index contributed by atoms with van der Waals surface area (Å²) in [6.45, 7) is 2.34. The SMILES string of the molecule is O=C1N(c2cc(C(F)(F)F)ccc2Cl)CN(c2ccccc2)C12CCN(Cc1ccccc1)CC2. The van der Waals surface area contributed by atoms with Gasteiger partial charge in [0.25, 0.3) is 5.91 Å². The maximum absolute atomic E-state index is 14.0. The van der Waals surface area contributed by atoms with Gasteiger partial charge in [-0.1, -0.05) is 60.1 Å². The molecule has 2 aliphatic rings. The highest BCUT2D eigenvalue weighted by Crippen LogP contribution is 2.44. The minimum absolute atomic E-state index is 0.0935. The average molecular weight is 500 g/mol. The molecule has 0 aliphatic carbocycles. The van der Waals surface area contributed by atoms with Gasteiger partial charge in [0, 0.05) is 25.3 Å². The second-order valence-corrected chi connectivity index (χ2v) is 9.50. The van der Waals surface area contributed by atoms with Gasteiger partial charge in [0.1, 0.15) is 5.54 Å². The Hall–Kier alpha value is -3.03. The van der Waals surface area contributed by atoms with E-state index >= 15 is 0 Å². The quantitative estimate of drug-likeness (QED) is 0.427. The number of benzene rings is 3. The van der Waals surface area contributed by atoms with Crippen LogP contribution in [0, 0.1) is 0 Å². The number of rotatable bonds is 4. The molecule has 2 saturated heterocycles. The molecule has 5 rings (SSSR count). The summed E-state index contributed by atoms with van der Waals surface area (Å²) >= 11 is 6.34. The number of halogens is 4. The zero-order valence-corrected chi connectivity index (χ0v) is 19.8. The Balaban J connectivity index is 1.47. The van der Waals surface area contributed by atoms with Crippen LogP contribution in [0.4, 0.5) is 24.5 Å². The van der Waals surface area contributed by atoms with E-state index in [1.807, 2.05) is 53.4 Å². The summed E-state index contributed by atoms with van der Waals surface area (Å²) in [5, 5.41) is 0.123. The smallest absolute Gasteiger partial charge is 0.338 e. The molecule has 2 heterocycles. The Morgan fingerprint density at radius 3 is 2.14 bits per heavy atom. The van der Waals surface area contributed by atoms with Crippen molar-refractivity contribution < 1.29 is 18.0 Å². The number of hydrogen-bond donors (Lipinski definition) is 0. The molecule has 0 radical (unpaired) electrons. The van der Waals surface area contributed by atoms with Crippen molar-refractivity contribution in [2.75, 3.05) is 29.6 Å². The van der Waals surface area contributed by atoms with Gasteiger partial charge in [-0.25, -0.2) is 0 Å². The van der Waals surface area contributed by atoms with Gasteiger partial charge in [-0.2, -0.15) is 13.2 Å². The number of para-hydroxylation sites is 1. The van der Waals surface area contributed by atoms with Crippen molar-refractivity contribution in [1.82, 2.24) is 4.90 Å². The Bertz CT molecular complexity index is 1200. The molecule has 0 aromatic heterocycles. The first-order valence-corrected chi connectivity index (χ1v) is 11.9. The molecule has 0 saturated carbocycles. The lowest BCUT2D eigenvalue weighted by atomic mass is 9.85. The summed E-state index contributed by atoms with van der Waals surface area (Å²) < 4.78 is 40.3. The van der Waals surface area contributed by atoms with Crippen molar-refractivity contribution in [3.63, 3.8) is 0 Å². The highest BCUT2D eigenvalue weighted by Gasteiger charge is 2.54. The molecule has 0 unspecified atom stereocenters. The van der Waals surface area contributed by atoms with E-state index in [1.165, 1.54) is 16.5 Å². The zero-order valence-electron chi connectivity index (χ0n) is 19.0. The van der Waals surface area contributed by atoms with E-state index in [9.17, 15) is 18.0 Å². The molecule has 4 nitrogen and oxygen atoms in total. The van der Waals surface area contributed by atoms with Crippen LogP contribution in [0.2, 0.25) is 5.02 Å². The van der Waals surface area contributed by atoms with Crippen molar-refractivity contribution in [2.24, 2.45) is 0 Å². The summed E-state index contributed by atoms with van der Waals surface area (Å²) in [7, 11) is 0. The molecule has 35 heavy (non-hydrogen) atoms. The molecule has 8 heteroatoms. The van der Waals surface area contributed by atoms with Crippen LogP contribution in [0.25, 0.3) is 0 Å². The monoisotopic (exact) mass is 499 g/mol. The second-order valence-electron chi connectivity index (χ2n) is 9.10. The van der Waals surface area contributed by atoms with Gasteiger partial charge < -0.3 is 4.90 Å². The summed E-state index contributed by atoms with van der Waals surface area (Å²) in [4.78, 5) is 19.7. The Morgan fingerprint density at radius 1 is 0.886 bits per heavy atom. The molecule has 2 aliphatic heterocycles. The molecule has 1 amide bonds. The first kappa shape index (κ1) is 23.7. The first-order valence-electron chi connectivity index (χ1n) is 11.6. The molecule has 3 aromatic carbocycles. The van der Waals surface area contributed by atoms with Crippen LogP contribution in [-0.2, 0) is 17.5 Å². The number of anilines is 2. The van der Waals surface area contributed by atoms with Crippen molar-refractivity contribution in [1.29, 1.82) is 0 Å². The largest absolute Gasteiger partial charge is 0.416 e. The maximum Gasteiger partial charge on any atom is 0.416 e. The lowest BCUT2D eigenvalue weighted by Crippen LogP contribution is -2.56. The van der Waals surface area contributed by atoms with E-state index in [0.717, 1.165) is 24.4 Å². The standard InChI is InChI=1S/C27H25ClF3N3O/c28-23-12-11-21(27(29,30)31)17-24(23)33-19-34(22-9-5-2-6-10-22)26(25(33)35)13-15-32(16-14-26)18-20-7-3-1-4-8-20/h1-12,17H,13-16,18-19H2. The van der Waals surface area contributed by atoms with Gasteiger partial charge in [-0.3, -0.25) is 14.6 Å². The highest BCUT2D eigenvalue weighted by molar-refractivity contribution is 6.34. The fourth-order valence-corrected chi connectivity index (χ4v) is 5.35. The maximum atomic E-state index is 14.0. The predicted octanol–water partition coefficient (Wildman–Crippen LogP) is 6.20. The Labute approximate surface area is 207 Å². The Morgan fingerprint density at radius 2 is 1.51 bits per heavy atom. The van der Waals surface area contributed by atoms with Crippen LogP contribution in [-0.4, -0.2) is 36.1 Å². The summed E-state index contributed by atoms with van der Waals surface area (Å²) in [5.74, 6) is -0.207. The molecule has 0 N–H and O–H groups in total. The number of carbonyl (C=O) groups is 1. The zero-order chi connectivity index (χ0) is 24.6. The number of likely N-dealkylation sites (tertiary alicyclic amines) is 1. The molecule has 1 spiro atoms. The summed E-state index contributed by atoms with van der Waals surface area (Å²) in [6, 6.07) is 22.9. The van der Waals surface area contributed by atoms with E-state index < -0.39 is 17.3 Å². The average Bonchev–Trinajstić information content (AvgIpc) is 3.13. The van der Waals surface area contributed by atoms with Crippen molar-refractivity contribution >= 4 is 28.9 Å². The third kappa shape index (κ3) is 4.50. The minimum atomic E-state index is -4.53. The molecular formula is C27H25ClF3N3O. The van der Waals surface area contributed by atoms with Crippen LogP contribution in [0.3, 0.4) is 0 Å². The van der Waals surface area contributed by atoms with Crippen LogP contribution < -0.4 is 9.80 Å².